The average molecular weight is 415 g/mol. The van der Waals surface area contributed by atoms with Crippen molar-refractivity contribution in [1.29, 1.82) is 0 Å². The molecular formula is C17H15BrN6O2. The molecule has 0 N–H and O–H groups in total. The lowest BCUT2D eigenvalue weighted by molar-refractivity contribution is 0.0771. The number of hydrogen-bond acceptors (Lipinski definition) is 6. The highest BCUT2D eigenvalue weighted by atomic mass is 79.9. The fourth-order valence-corrected chi connectivity index (χ4v) is 3.09. The summed E-state index contributed by atoms with van der Waals surface area (Å²) in [7, 11) is 0. The third kappa shape index (κ3) is 3.57. The molecule has 3 heterocycles. The first-order valence-corrected chi connectivity index (χ1v) is 8.89. The van der Waals surface area contributed by atoms with E-state index in [0.29, 0.717) is 24.5 Å². The number of amides is 1. The van der Waals surface area contributed by atoms with Crippen LogP contribution in [0.4, 0.5) is 0 Å². The monoisotopic (exact) mass is 414 g/mol. The van der Waals surface area contributed by atoms with E-state index in [0.717, 1.165) is 16.6 Å². The molecular weight excluding hydrogens is 400 g/mol. The Morgan fingerprint density at radius 3 is 2.96 bits per heavy atom. The first kappa shape index (κ1) is 16.6. The Balaban J connectivity index is 1.43. The minimum absolute atomic E-state index is 0.0326. The molecule has 26 heavy (non-hydrogen) atoms. The second kappa shape index (κ2) is 7.20. The standard InChI is InChI=1S/C17H15BrN6O2/c18-13-4-5-16(19-9-13)26-15-6-7-23(10-15)17(25)12-2-1-3-14(8-12)24-11-20-21-22-24/h1-5,8-9,11,15H,6-7,10H2. The average Bonchev–Trinajstić information content (AvgIpc) is 3.35. The molecule has 0 radical (unpaired) electrons. The second-order valence-corrected chi connectivity index (χ2v) is 6.81. The third-order valence-electron chi connectivity index (χ3n) is 4.13. The molecule has 4 rings (SSSR count). The SMILES string of the molecule is O=C(c1cccc(-n2cnnn2)c1)N1CCC(Oc2ccc(Br)cn2)C1. The van der Waals surface area contributed by atoms with Crippen molar-refractivity contribution in [3.8, 4) is 11.6 Å². The van der Waals surface area contributed by atoms with Gasteiger partial charge in [-0.2, -0.15) is 0 Å². The van der Waals surface area contributed by atoms with Gasteiger partial charge in [0.2, 0.25) is 5.88 Å². The van der Waals surface area contributed by atoms with Crippen LogP contribution < -0.4 is 4.74 Å². The van der Waals surface area contributed by atoms with Crippen LogP contribution in [0, 0.1) is 0 Å². The van der Waals surface area contributed by atoms with Gasteiger partial charge in [-0.1, -0.05) is 6.07 Å². The van der Waals surface area contributed by atoms with Crippen LogP contribution in [0.15, 0.2) is 53.4 Å². The minimum atomic E-state index is -0.0599. The van der Waals surface area contributed by atoms with Crippen LogP contribution >= 0.6 is 15.9 Å². The zero-order valence-corrected chi connectivity index (χ0v) is 15.3. The number of nitrogens with zero attached hydrogens (tertiary/aromatic N) is 6. The normalized spacial score (nSPS) is 16.7. The lowest BCUT2D eigenvalue weighted by atomic mass is 10.2. The highest BCUT2D eigenvalue weighted by Gasteiger charge is 2.28. The van der Waals surface area contributed by atoms with Crippen molar-refractivity contribution < 1.29 is 9.53 Å². The fourth-order valence-electron chi connectivity index (χ4n) is 2.86. The van der Waals surface area contributed by atoms with Crippen LogP contribution in [-0.2, 0) is 0 Å². The van der Waals surface area contributed by atoms with E-state index < -0.39 is 0 Å². The lowest BCUT2D eigenvalue weighted by Gasteiger charge is -2.17. The molecule has 1 unspecified atom stereocenters. The van der Waals surface area contributed by atoms with Crippen LogP contribution in [0.3, 0.4) is 0 Å². The highest BCUT2D eigenvalue weighted by Crippen LogP contribution is 2.20. The number of ether oxygens (including phenoxy) is 1. The minimum Gasteiger partial charge on any atom is -0.472 e. The summed E-state index contributed by atoms with van der Waals surface area (Å²) in [6.07, 6.45) is 3.90. The number of benzene rings is 1. The topological polar surface area (TPSA) is 86.0 Å². The summed E-state index contributed by atoms with van der Waals surface area (Å²) in [6, 6.07) is 10.9. The summed E-state index contributed by atoms with van der Waals surface area (Å²) in [4.78, 5) is 18.8. The summed E-state index contributed by atoms with van der Waals surface area (Å²) >= 11 is 3.35. The van der Waals surface area contributed by atoms with Gasteiger partial charge >= 0.3 is 0 Å². The van der Waals surface area contributed by atoms with Gasteiger partial charge in [-0.05, 0) is 50.6 Å². The van der Waals surface area contributed by atoms with Crippen molar-refractivity contribution in [3.63, 3.8) is 0 Å². The third-order valence-corrected chi connectivity index (χ3v) is 4.60. The summed E-state index contributed by atoms with van der Waals surface area (Å²) in [6.45, 7) is 1.18. The van der Waals surface area contributed by atoms with Gasteiger partial charge in [0.15, 0.2) is 0 Å². The Labute approximate surface area is 157 Å². The van der Waals surface area contributed by atoms with Crippen molar-refractivity contribution in [2.24, 2.45) is 0 Å². The number of pyridine rings is 1. The predicted octanol–water partition coefficient (Wildman–Crippen LogP) is 2.11. The van der Waals surface area contributed by atoms with E-state index in [1.807, 2.05) is 24.3 Å². The molecule has 0 spiro atoms. The summed E-state index contributed by atoms with van der Waals surface area (Å²) < 4.78 is 8.29. The van der Waals surface area contributed by atoms with Gasteiger partial charge in [-0.25, -0.2) is 9.67 Å². The molecule has 1 atom stereocenters. The van der Waals surface area contributed by atoms with Crippen molar-refractivity contribution in [1.82, 2.24) is 30.1 Å². The quantitative estimate of drug-likeness (QED) is 0.649. The Morgan fingerprint density at radius 2 is 2.19 bits per heavy atom. The first-order valence-electron chi connectivity index (χ1n) is 8.10. The van der Waals surface area contributed by atoms with E-state index in [4.69, 9.17) is 4.74 Å². The van der Waals surface area contributed by atoms with Gasteiger partial charge in [0, 0.05) is 35.3 Å². The van der Waals surface area contributed by atoms with Gasteiger partial charge in [0.1, 0.15) is 12.4 Å². The molecule has 9 heteroatoms. The smallest absolute Gasteiger partial charge is 0.254 e. The summed E-state index contributed by atoms with van der Waals surface area (Å²) in [5.41, 5.74) is 1.34. The number of carbonyl (C=O) groups excluding carboxylic acids is 1. The van der Waals surface area contributed by atoms with Gasteiger partial charge in [0.25, 0.3) is 5.91 Å². The van der Waals surface area contributed by atoms with Crippen LogP contribution in [0.1, 0.15) is 16.8 Å². The molecule has 1 fully saturated rings. The molecule has 0 saturated carbocycles. The number of carbonyl (C=O) groups is 1. The van der Waals surface area contributed by atoms with E-state index in [9.17, 15) is 4.79 Å². The van der Waals surface area contributed by atoms with Crippen LogP contribution in [0.25, 0.3) is 5.69 Å². The predicted molar refractivity (Wildman–Crippen MR) is 96.0 cm³/mol. The summed E-state index contributed by atoms with van der Waals surface area (Å²) in [5.74, 6) is 0.531. The van der Waals surface area contributed by atoms with Crippen LogP contribution in [0.2, 0.25) is 0 Å². The van der Waals surface area contributed by atoms with Crippen molar-refractivity contribution >= 4 is 21.8 Å². The Bertz CT molecular complexity index is 900. The molecule has 1 aliphatic rings. The van der Waals surface area contributed by atoms with E-state index in [1.165, 1.54) is 11.0 Å². The lowest BCUT2D eigenvalue weighted by Crippen LogP contribution is -2.31. The molecule has 1 aromatic carbocycles. The molecule has 0 bridgehead atoms. The zero-order chi connectivity index (χ0) is 17.9. The van der Waals surface area contributed by atoms with Gasteiger partial charge in [0.05, 0.1) is 12.2 Å². The number of aromatic nitrogens is 5. The molecule has 0 aliphatic carbocycles. The van der Waals surface area contributed by atoms with Crippen LogP contribution in [0.5, 0.6) is 5.88 Å². The Hall–Kier alpha value is -2.81. The fraction of sp³-hybridized carbons (Fsp3) is 0.235. The molecule has 8 nitrogen and oxygen atoms in total. The van der Waals surface area contributed by atoms with E-state index in [-0.39, 0.29) is 12.0 Å². The molecule has 1 amide bonds. The number of likely N-dealkylation sites (tertiary alicyclic amines) is 1. The Morgan fingerprint density at radius 1 is 1.27 bits per heavy atom. The summed E-state index contributed by atoms with van der Waals surface area (Å²) in [5, 5.41) is 11.1. The van der Waals surface area contributed by atoms with Gasteiger partial charge in [-0.3, -0.25) is 4.79 Å². The zero-order valence-electron chi connectivity index (χ0n) is 13.7. The van der Waals surface area contributed by atoms with E-state index >= 15 is 0 Å². The maximum Gasteiger partial charge on any atom is 0.254 e. The maximum atomic E-state index is 12.8. The van der Waals surface area contributed by atoms with Gasteiger partial charge < -0.3 is 9.64 Å². The second-order valence-electron chi connectivity index (χ2n) is 5.90. The number of hydrogen-bond donors (Lipinski definition) is 0. The van der Waals surface area contributed by atoms with E-state index in [1.54, 1.807) is 23.2 Å². The maximum absolute atomic E-state index is 12.8. The first-order chi connectivity index (χ1) is 12.7. The Kier molecular flexibility index (Phi) is 4.61. The van der Waals surface area contributed by atoms with Crippen LogP contribution in [-0.4, -0.2) is 55.2 Å². The van der Waals surface area contributed by atoms with Crippen molar-refractivity contribution in [2.75, 3.05) is 13.1 Å². The largest absolute Gasteiger partial charge is 0.472 e. The number of halogens is 1. The van der Waals surface area contributed by atoms with E-state index in [2.05, 4.69) is 36.4 Å². The molecule has 1 saturated heterocycles. The molecule has 2 aromatic heterocycles. The number of rotatable bonds is 4. The van der Waals surface area contributed by atoms with Gasteiger partial charge in [-0.15, -0.1) is 5.10 Å². The number of tetrazole rings is 1. The molecule has 3 aromatic rings. The van der Waals surface area contributed by atoms with Crippen molar-refractivity contribution in [2.45, 2.75) is 12.5 Å². The molecule has 1 aliphatic heterocycles. The molecule has 132 valence electrons. The van der Waals surface area contributed by atoms with Crippen molar-refractivity contribution in [3.05, 3.63) is 59.0 Å². The highest BCUT2D eigenvalue weighted by molar-refractivity contribution is 9.10.